The van der Waals surface area contributed by atoms with Gasteiger partial charge in [-0.3, -0.25) is 4.79 Å². The molecule has 0 saturated heterocycles. The molecule has 2 aromatic carbocycles. The van der Waals surface area contributed by atoms with E-state index in [0.717, 1.165) is 28.2 Å². The van der Waals surface area contributed by atoms with Crippen molar-refractivity contribution < 1.29 is 14.4 Å². The van der Waals surface area contributed by atoms with Crippen molar-refractivity contribution in [2.24, 2.45) is 0 Å². The predicted octanol–water partition coefficient (Wildman–Crippen LogP) is 2.82. The maximum Gasteiger partial charge on any atom is 0.373 e. The molecule has 134 valence electrons. The quantitative estimate of drug-likeness (QED) is 0.755. The molecule has 2 heterocycles. The number of hydrogen-bond donors (Lipinski definition) is 1. The molecule has 1 aliphatic heterocycles. The fourth-order valence-electron chi connectivity index (χ4n) is 2.86. The summed E-state index contributed by atoms with van der Waals surface area (Å²) in [5.74, 6) is 0.556. The maximum atomic E-state index is 12.4. The number of rotatable bonds is 2. The van der Waals surface area contributed by atoms with E-state index in [1.807, 2.05) is 54.6 Å². The molecule has 7 heteroatoms. The Morgan fingerprint density at radius 1 is 1.04 bits per heavy atom. The van der Waals surface area contributed by atoms with E-state index in [1.165, 1.54) is 0 Å². The fraction of sp³-hybridized carbons (Fsp3) is 0.100. The first-order valence-corrected chi connectivity index (χ1v) is 8.17. The average molecular weight is 360 g/mol. The summed E-state index contributed by atoms with van der Waals surface area (Å²) in [6.07, 6.45) is 2.29. The van der Waals surface area contributed by atoms with Crippen LogP contribution in [0.25, 0.3) is 11.3 Å². The summed E-state index contributed by atoms with van der Waals surface area (Å²) in [7, 11) is 1.80. The van der Waals surface area contributed by atoms with Crippen LogP contribution in [0.4, 0.5) is 17.3 Å². The topological polar surface area (TPSA) is 92.3 Å². The molecule has 0 aliphatic carbocycles. The standard InChI is InChI=1S/C19H16N4O.CO2/c1-23-16-10-6-5-9-15(16)18-13(11-17(23)24)12-20-19(22-18)21-14-7-3-2-4-8-14;2-1-3/h2-10,12H,11H2,1H3,(H,20,21,22);. The number of hydrogen-bond acceptors (Lipinski definition) is 6. The summed E-state index contributed by atoms with van der Waals surface area (Å²) in [5, 5.41) is 3.21. The summed E-state index contributed by atoms with van der Waals surface area (Å²) in [5.41, 5.74) is 4.38. The first-order valence-electron chi connectivity index (χ1n) is 8.17. The molecule has 0 spiro atoms. The van der Waals surface area contributed by atoms with Crippen molar-refractivity contribution in [2.45, 2.75) is 6.42 Å². The van der Waals surface area contributed by atoms with Gasteiger partial charge in [-0.25, -0.2) is 9.97 Å². The summed E-state index contributed by atoms with van der Waals surface area (Å²) in [6.45, 7) is 0. The Balaban J connectivity index is 0.000000659. The fourth-order valence-corrected chi connectivity index (χ4v) is 2.86. The zero-order valence-electron chi connectivity index (χ0n) is 14.5. The average Bonchev–Trinajstić information content (AvgIpc) is 2.79. The Morgan fingerprint density at radius 2 is 1.70 bits per heavy atom. The van der Waals surface area contributed by atoms with E-state index in [4.69, 9.17) is 9.59 Å². The van der Waals surface area contributed by atoms with Crippen molar-refractivity contribution in [1.29, 1.82) is 0 Å². The van der Waals surface area contributed by atoms with Gasteiger partial charge in [0, 0.05) is 30.1 Å². The van der Waals surface area contributed by atoms with Gasteiger partial charge in [0.1, 0.15) is 0 Å². The number of nitrogens with one attached hydrogen (secondary N) is 1. The highest BCUT2D eigenvalue weighted by Gasteiger charge is 2.24. The smallest absolute Gasteiger partial charge is 0.324 e. The van der Waals surface area contributed by atoms with E-state index in [-0.39, 0.29) is 12.1 Å². The highest BCUT2D eigenvalue weighted by molar-refractivity contribution is 6.01. The second kappa shape index (κ2) is 8.03. The lowest BCUT2D eigenvalue weighted by Gasteiger charge is -2.16. The molecular weight excluding hydrogens is 344 g/mol. The Labute approximate surface area is 155 Å². The normalized spacial score (nSPS) is 11.9. The monoisotopic (exact) mass is 360 g/mol. The molecule has 7 nitrogen and oxygen atoms in total. The highest BCUT2D eigenvalue weighted by Crippen LogP contribution is 2.35. The van der Waals surface area contributed by atoms with Crippen LogP contribution in [0.5, 0.6) is 0 Å². The molecule has 3 aromatic rings. The van der Waals surface area contributed by atoms with Crippen LogP contribution in [0.2, 0.25) is 0 Å². The van der Waals surface area contributed by atoms with Crippen LogP contribution >= 0.6 is 0 Å². The van der Waals surface area contributed by atoms with Gasteiger partial charge >= 0.3 is 6.15 Å². The third kappa shape index (κ3) is 3.89. The van der Waals surface area contributed by atoms with Crippen LogP contribution in [-0.4, -0.2) is 29.1 Å². The highest BCUT2D eigenvalue weighted by atomic mass is 16.2. The van der Waals surface area contributed by atoms with Gasteiger partial charge in [-0.1, -0.05) is 36.4 Å². The number of aromatic nitrogens is 2. The zero-order valence-corrected chi connectivity index (χ0v) is 14.5. The molecule has 1 aromatic heterocycles. The first kappa shape index (κ1) is 18.0. The van der Waals surface area contributed by atoms with E-state index in [0.29, 0.717) is 12.4 Å². The largest absolute Gasteiger partial charge is 0.373 e. The van der Waals surface area contributed by atoms with Gasteiger partial charge in [0.15, 0.2) is 0 Å². The van der Waals surface area contributed by atoms with Crippen LogP contribution < -0.4 is 10.2 Å². The molecule has 0 fully saturated rings. The van der Waals surface area contributed by atoms with Gasteiger partial charge in [0.2, 0.25) is 11.9 Å². The molecule has 0 bridgehead atoms. The van der Waals surface area contributed by atoms with Gasteiger partial charge in [0.25, 0.3) is 0 Å². The summed E-state index contributed by atoms with van der Waals surface area (Å²) in [4.78, 5) is 39.3. The number of nitrogens with zero attached hydrogens (tertiary/aromatic N) is 3. The van der Waals surface area contributed by atoms with Gasteiger partial charge < -0.3 is 10.2 Å². The third-order valence-electron chi connectivity index (χ3n) is 4.13. The second-order valence-electron chi connectivity index (χ2n) is 5.79. The Morgan fingerprint density at radius 3 is 2.44 bits per heavy atom. The molecule has 1 aliphatic rings. The van der Waals surface area contributed by atoms with Crippen LogP contribution in [0, 0.1) is 0 Å². The molecule has 1 N–H and O–H groups in total. The van der Waals surface area contributed by atoms with Gasteiger partial charge in [-0.2, -0.15) is 9.59 Å². The van der Waals surface area contributed by atoms with Crippen LogP contribution in [0.15, 0.2) is 60.8 Å². The van der Waals surface area contributed by atoms with Crippen LogP contribution in [0.1, 0.15) is 5.56 Å². The summed E-state index contributed by atoms with van der Waals surface area (Å²) >= 11 is 0. The van der Waals surface area contributed by atoms with Crippen molar-refractivity contribution in [2.75, 3.05) is 17.3 Å². The van der Waals surface area contributed by atoms with Gasteiger partial charge in [-0.05, 0) is 18.2 Å². The van der Waals surface area contributed by atoms with Crippen molar-refractivity contribution in [3.8, 4) is 11.3 Å². The number of carbonyl (C=O) groups is 1. The number of carbonyl (C=O) groups excluding carboxylic acids is 3. The minimum Gasteiger partial charge on any atom is -0.324 e. The molecular formula is C20H16N4O3. The number of para-hydroxylation sites is 2. The Kier molecular flexibility index (Phi) is 5.35. The van der Waals surface area contributed by atoms with Crippen molar-refractivity contribution in [3.05, 3.63) is 66.4 Å². The number of fused-ring (bicyclic) bond motifs is 3. The zero-order chi connectivity index (χ0) is 19.2. The van der Waals surface area contributed by atoms with E-state index in [1.54, 1.807) is 18.1 Å². The molecule has 27 heavy (non-hydrogen) atoms. The minimum atomic E-state index is 0.0357. The first-order chi connectivity index (χ1) is 13.1. The second-order valence-corrected chi connectivity index (χ2v) is 5.79. The predicted molar refractivity (Wildman–Crippen MR) is 99.3 cm³/mol. The Bertz CT molecular complexity index is 999. The van der Waals surface area contributed by atoms with Crippen molar-refractivity contribution >= 4 is 29.4 Å². The van der Waals surface area contributed by atoms with E-state index in [2.05, 4.69) is 15.3 Å². The lowest BCUT2D eigenvalue weighted by molar-refractivity contribution is -0.191. The number of anilines is 3. The lowest BCUT2D eigenvalue weighted by Crippen LogP contribution is -2.26. The molecule has 1 amide bonds. The Hall–Kier alpha value is -3.83. The van der Waals surface area contributed by atoms with Crippen LogP contribution in [-0.2, 0) is 20.8 Å². The van der Waals surface area contributed by atoms with E-state index in [9.17, 15) is 4.79 Å². The lowest BCUT2D eigenvalue weighted by atomic mass is 10.1. The van der Waals surface area contributed by atoms with Gasteiger partial charge in [0.05, 0.1) is 17.8 Å². The summed E-state index contributed by atoms with van der Waals surface area (Å²) in [6, 6.07) is 17.6. The molecule has 0 unspecified atom stereocenters. The van der Waals surface area contributed by atoms with E-state index >= 15 is 0 Å². The maximum absolute atomic E-state index is 12.4. The van der Waals surface area contributed by atoms with Crippen molar-refractivity contribution in [1.82, 2.24) is 9.97 Å². The molecule has 0 saturated carbocycles. The molecule has 0 radical (unpaired) electrons. The number of likely N-dealkylation sites (N-methyl/N-ethyl adjacent to an activating group) is 1. The summed E-state index contributed by atoms with van der Waals surface area (Å²) < 4.78 is 0. The van der Waals surface area contributed by atoms with Crippen LogP contribution in [0.3, 0.4) is 0 Å². The molecule has 4 rings (SSSR count). The van der Waals surface area contributed by atoms with Crippen molar-refractivity contribution in [3.63, 3.8) is 0 Å². The SMILES string of the molecule is CN1C(=O)Cc2cnc(Nc3ccccc3)nc2-c2ccccc21.O=C=O. The minimum absolute atomic E-state index is 0.0357. The van der Waals surface area contributed by atoms with Gasteiger partial charge in [-0.15, -0.1) is 0 Å². The number of benzene rings is 2. The third-order valence-corrected chi connectivity index (χ3v) is 4.13. The van der Waals surface area contributed by atoms with E-state index < -0.39 is 0 Å². The number of amides is 1. The molecule has 0 atom stereocenters.